The van der Waals surface area contributed by atoms with Crippen LogP contribution < -0.4 is 11.1 Å². The van der Waals surface area contributed by atoms with Crippen LogP contribution in [0.5, 0.6) is 0 Å². The Bertz CT molecular complexity index is 262. The first kappa shape index (κ1) is 10.6. The first-order valence-electron chi connectivity index (χ1n) is 4.04. The minimum atomic E-state index is -1.13. The molecule has 1 heterocycles. The van der Waals surface area contributed by atoms with Crippen molar-refractivity contribution in [2.24, 2.45) is 5.73 Å². The summed E-state index contributed by atoms with van der Waals surface area (Å²) in [6.45, 7) is -0.351. The van der Waals surface area contributed by atoms with Crippen LogP contribution in [-0.4, -0.2) is 53.5 Å². The molecule has 0 aromatic rings. The van der Waals surface area contributed by atoms with Crippen LogP contribution in [0.4, 0.5) is 0 Å². The molecular formula is C7H11N3O4. The maximum atomic E-state index is 10.9. The highest BCUT2D eigenvalue weighted by atomic mass is 16.4. The van der Waals surface area contributed by atoms with E-state index < -0.39 is 23.8 Å². The molecule has 7 heteroatoms. The van der Waals surface area contributed by atoms with Crippen molar-refractivity contribution < 1.29 is 19.5 Å². The van der Waals surface area contributed by atoms with E-state index in [4.69, 9.17) is 10.8 Å². The molecule has 0 spiro atoms. The van der Waals surface area contributed by atoms with Crippen molar-refractivity contribution in [2.45, 2.75) is 6.04 Å². The number of rotatable bonds is 3. The molecule has 0 radical (unpaired) electrons. The summed E-state index contributed by atoms with van der Waals surface area (Å²) in [6, 6.07) is -0.981. The summed E-state index contributed by atoms with van der Waals surface area (Å²) in [6.07, 6.45) is 0. The van der Waals surface area contributed by atoms with E-state index in [1.54, 1.807) is 0 Å². The second-order valence-corrected chi connectivity index (χ2v) is 2.97. The Morgan fingerprint density at radius 3 is 2.36 bits per heavy atom. The number of aliphatic carboxylic acids is 1. The summed E-state index contributed by atoms with van der Waals surface area (Å²) in [7, 11) is 0. The van der Waals surface area contributed by atoms with Crippen molar-refractivity contribution in [3.8, 4) is 0 Å². The van der Waals surface area contributed by atoms with Gasteiger partial charge in [0.2, 0.25) is 11.8 Å². The van der Waals surface area contributed by atoms with Gasteiger partial charge in [-0.15, -0.1) is 0 Å². The quantitative estimate of drug-likeness (QED) is 0.430. The summed E-state index contributed by atoms with van der Waals surface area (Å²) in [5.74, 6) is -2.13. The number of piperazine rings is 1. The van der Waals surface area contributed by atoms with Crippen molar-refractivity contribution in [2.75, 3.05) is 19.6 Å². The van der Waals surface area contributed by atoms with Crippen LogP contribution in [0, 0.1) is 0 Å². The SMILES string of the molecule is NCC(C(=O)O)N1CC(=O)NC(=O)C1. The maximum Gasteiger partial charge on any atom is 0.322 e. The summed E-state index contributed by atoms with van der Waals surface area (Å²) in [4.78, 5) is 33.8. The van der Waals surface area contributed by atoms with Gasteiger partial charge in [0.25, 0.3) is 0 Å². The van der Waals surface area contributed by atoms with Gasteiger partial charge in [-0.2, -0.15) is 0 Å². The number of imide groups is 1. The molecule has 4 N–H and O–H groups in total. The zero-order valence-corrected chi connectivity index (χ0v) is 7.40. The molecule has 0 bridgehead atoms. The molecule has 78 valence electrons. The fourth-order valence-corrected chi connectivity index (χ4v) is 1.29. The fraction of sp³-hybridized carbons (Fsp3) is 0.571. The van der Waals surface area contributed by atoms with Crippen LogP contribution in [0.3, 0.4) is 0 Å². The molecule has 1 unspecified atom stereocenters. The van der Waals surface area contributed by atoms with Crippen molar-refractivity contribution in [1.82, 2.24) is 10.2 Å². The molecule has 1 fully saturated rings. The van der Waals surface area contributed by atoms with Gasteiger partial charge < -0.3 is 10.8 Å². The molecule has 0 aromatic carbocycles. The molecular weight excluding hydrogens is 190 g/mol. The maximum absolute atomic E-state index is 10.9. The molecule has 0 aromatic heterocycles. The van der Waals surface area contributed by atoms with Crippen LogP contribution in [0.2, 0.25) is 0 Å². The Hall–Kier alpha value is -1.47. The standard InChI is InChI=1S/C7H11N3O4/c8-1-4(7(13)14)10-2-5(11)9-6(12)3-10/h4H,1-3,8H2,(H,13,14)(H,9,11,12). The zero-order valence-electron chi connectivity index (χ0n) is 7.40. The van der Waals surface area contributed by atoms with E-state index in [-0.39, 0.29) is 19.6 Å². The van der Waals surface area contributed by atoms with Gasteiger partial charge in [0.15, 0.2) is 0 Å². The number of amides is 2. The number of carboxylic acids is 1. The number of hydrogen-bond acceptors (Lipinski definition) is 5. The fourth-order valence-electron chi connectivity index (χ4n) is 1.29. The molecule has 1 saturated heterocycles. The average Bonchev–Trinajstić information content (AvgIpc) is 2.02. The second-order valence-electron chi connectivity index (χ2n) is 2.97. The van der Waals surface area contributed by atoms with E-state index in [2.05, 4.69) is 5.32 Å². The molecule has 1 rings (SSSR count). The van der Waals surface area contributed by atoms with E-state index in [0.29, 0.717) is 0 Å². The number of nitrogens with two attached hydrogens (primary N) is 1. The van der Waals surface area contributed by atoms with Gasteiger partial charge >= 0.3 is 5.97 Å². The third kappa shape index (κ3) is 2.27. The Labute approximate surface area is 79.9 Å². The Kier molecular flexibility index (Phi) is 3.15. The predicted octanol–water partition coefficient (Wildman–Crippen LogP) is -2.64. The van der Waals surface area contributed by atoms with E-state index >= 15 is 0 Å². The minimum absolute atomic E-state index is 0.111. The van der Waals surface area contributed by atoms with Gasteiger partial charge in [-0.05, 0) is 0 Å². The van der Waals surface area contributed by atoms with Crippen LogP contribution in [0.25, 0.3) is 0 Å². The molecule has 1 aliphatic heterocycles. The van der Waals surface area contributed by atoms with E-state index in [0.717, 1.165) is 0 Å². The van der Waals surface area contributed by atoms with Gasteiger partial charge in [-0.3, -0.25) is 24.6 Å². The Balaban J connectivity index is 2.70. The van der Waals surface area contributed by atoms with Gasteiger partial charge in [0.05, 0.1) is 13.1 Å². The topological polar surface area (TPSA) is 113 Å². The molecule has 1 atom stereocenters. The number of nitrogens with zero attached hydrogens (tertiary/aromatic N) is 1. The molecule has 2 amide bonds. The molecule has 7 nitrogen and oxygen atoms in total. The van der Waals surface area contributed by atoms with Gasteiger partial charge in [0.1, 0.15) is 6.04 Å². The Morgan fingerprint density at radius 2 is 2.00 bits per heavy atom. The summed E-state index contributed by atoms with van der Waals surface area (Å²) >= 11 is 0. The van der Waals surface area contributed by atoms with Crippen LogP contribution in [0.1, 0.15) is 0 Å². The van der Waals surface area contributed by atoms with Crippen LogP contribution in [0.15, 0.2) is 0 Å². The molecule has 1 aliphatic rings. The van der Waals surface area contributed by atoms with E-state index in [1.807, 2.05) is 0 Å². The van der Waals surface area contributed by atoms with Crippen LogP contribution in [-0.2, 0) is 14.4 Å². The highest BCUT2D eigenvalue weighted by Gasteiger charge is 2.31. The van der Waals surface area contributed by atoms with Crippen molar-refractivity contribution >= 4 is 17.8 Å². The number of hydrogen-bond donors (Lipinski definition) is 3. The highest BCUT2D eigenvalue weighted by molar-refractivity contribution is 5.99. The largest absolute Gasteiger partial charge is 0.480 e. The average molecular weight is 201 g/mol. The number of carbonyl (C=O) groups is 3. The summed E-state index contributed by atoms with van der Waals surface area (Å²) in [5, 5.41) is 10.8. The van der Waals surface area contributed by atoms with E-state index in [9.17, 15) is 14.4 Å². The molecule has 0 saturated carbocycles. The summed E-state index contributed by atoms with van der Waals surface area (Å²) < 4.78 is 0. The lowest BCUT2D eigenvalue weighted by Crippen LogP contribution is -2.58. The Morgan fingerprint density at radius 1 is 1.50 bits per heavy atom. The zero-order chi connectivity index (χ0) is 10.7. The van der Waals surface area contributed by atoms with Crippen molar-refractivity contribution in [1.29, 1.82) is 0 Å². The van der Waals surface area contributed by atoms with Gasteiger partial charge in [-0.1, -0.05) is 0 Å². The summed E-state index contributed by atoms with van der Waals surface area (Å²) in [5.41, 5.74) is 5.23. The predicted molar refractivity (Wildman–Crippen MR) is 45.2 cm³/mol. The van der Waals surface area contributed by atoms with Gasteiger partial charge in [0, 0.05) is 6.54 Å². The lowest BCUT2D eigenvalue weighted by atomic mass is 10.2. The normalized spacial score (nSPS) is 20.4. The van der Waals surface area contributed by atoms with Crippen LogP contribution >= 0.6 is 0 Å². The monoisotopic (exact) mass is 201 g/mol. The first-order valence-corrected chi connectivity index (χ1v) is 4.04. The van der Waals surface area contributed by atoms with E-state index in [1.165, 1.54) is 4.90 Å². The third-order valence-electron chi connectivity index (χ3n) is 1.92. The number of nitrogens with one attached hydrogen (secondary N) is 1. The first-order chi connectivity index (χ1) is 6.54. The number of carboxylic acid groups (broad SMARTS) is 1. The van der Waals surface area contributed by atoms with Crippen molar-refractivity contribution in [3.05, 3.63) is 0 Å². The molecule has 14 heavy (non-hydrogen) atoms. The van der Waals surface area contributed by atoms with Crippen molar-refractivity contribution in [3.63, 3.8) is 0 Å². The smallest absolute Gasteiger partial charge is 0.322 e. The lowest BCUT2D eigenvalue weighted by molar-refractivity contribution is -0.146. The highest BCUT2D eigenvalue weighted by Crippen LogP contribution is 2.01. The molecule has 0 aliphatic carbocycles. The third-order valence-corrected chi connectivity index (χ3v) is 1.92. The lowest BCUT2D eigenvalue weighted by Gasteiger charge is -2.29. The second kappa shape index (κ2) is 4.16. The van der Waals surface area contributed by atoms with Gasteiger partial charge in [-0.25, -0.2) is 0 Å². The minimum Gasteiger partial charge on any atom is -0.480 e. The number of carbonyl (C=O) groups excluding carboxylic acids is 2.